The van der Waals surface area contributed by atoms with E-state index < -0.39 is 0 Å². The Morgan fingerprint density at radius 1 is 1.73 bits per heavy atom. The predicted molar refractivity (Wildman–Crippen MR) is 50.0 cm³/mol. The van der Waals surface area contributed by atoms with Crippen molar-refractivity contribution in [2.24, 2.45) is 5.84 Å². The number of rotatable bonds is 6. The molecule has 0 rings (SSSR count). The molecule has 0 aliphatic rings. The van der Waals surface area contributed by atoms with E-state index >= 15 is 0 Å². The van der Waals surface area contributed by atoms with Gasteiger partial charge in [-0.25, -0.2) is 0 Å². The normalized spacial score (nSPS) is 12.5. The van der Waals surface area contributed by atoms with Crippen LogP contribution in [0.1, 0.15) is 26.2 Å². The van der Waals surface area contributed by atoms with Crippen LogP contribution in [0.4, 0.5) is 0 Å². The number of nitrogens with two attached hydrogens (primary N) is 1. The zero-order chi connectivity index (χ0) is 8.69. The summed E-state index contributed by atoms with van der Waals surface area (Å²) >= 11 is 0. The van der Waals surface area contributed by atoms with Crippen LogP contribution in [0.5, 0.6) is 0 Å². The smallest absolute Gasteiger partial charge is 0.0247 e. The molecule has 2 nitrogen and oxygen atoms in total. The van der Waals surface area contributed by atoms with Gasteiger partial charge in [0.2, 0.25) is 0 Å². The van der Waals surface area contributed by atoms with Gasteiger partial charge in [-0.3, -0.25) is 11.3 Å². The summed E-state index contributed by atoms with van der Waals surface area (Å²) in [5, 5.41) is 0. The highest BCUT2D eigenvalue weighted by Gasteiger charge is 2.02. The van der Waals surface area contributed by atoms with Crippen molar-refractivity contribution in [3.63, 3.8) is 0 Å². The maximum Gasteiger partial charge on any atom is 0.0247 e. The summed E-state index contributed by atoms with van der Waals surface area (Å²) in [5.41, 5.74) is 3.95. The number of hydrazine groups is 1. The summed E-state index contributed by atoms with van der Waals surface area (Å²) in [7, 11) is 0. The molecule has 0 spiro atoms. The van der Waals surface area contributed by atoms with Crippen LogP contribution in [0, 0.1) is 0 Å². The molecule has 0 aliphatic heterocycles. The largest absolute Gasteiger partial charge is 0.271 e. The highest BCUT2D eigenvalue weighted by atomic mass is 15.2. The monoisotopic (exact) mass is 154 g/mol. The summed E-state index contributed by atoms with van der Waals surface area (Å²) in [6, 6.07) is 0.351. The van der Waals surface area contributed by atoms with Crippen molar-refractivity contribution in [2.45, 2.75) is 32.2 Å². The molecule has 0 saturated carbocycles. The molecule has 0 radical (unpaired) electrons. The second-order valence-electron chi connectivity index (χ2n) is 2.88. The molecule has 11 heavy (non-hydrogen) atoms. The van der Waals surface area contributed by atoms with E-state index in [4.69, 9.17) is 5.84 Å². The summed E-state index contributed by atoms with van der Waals surface area (Å²) in [6.07, 6.45) is 4.87. The van der Waals surface area contributed by atoms with E-state index in [-0.39, 0.29) is 0 Å². The number of hydrogen-bond acceptors (Lipinski definition) is 2. The molecule has 0 aromatic carbocycles. The molecule has 0 bridgehead atoms. The van der Waals surface area contributed by atoms with Crippen molar-refractivity contribution in [1.82, 2.24) is 5.43 Å². The SMILES string of the molecule is C=CCC(CCC(=C)C)NN. The average Bonchev–Trinajstić information content (AvgIpc) is 1.97. The Bertz CT molecular complexity index is 130. The molecule has 2 heteroatoms. The van der Waals surface area contributed by atoms with Gasteiger partial charge in [0.25, 0.3) is 0 Å². The molecule has 1 atom stereocenters. The Morgan fingerprint density at radius 3 is 2.73 bits per heavy atom. The zero-order valence-corrected chi connectivity index (χ0v) is 7.27. The molecule has 0 aliphatic carbocycles. The van der Waals surface area contributed by atoms with Crippen molar-refractivity contribution in [3.05, 3.63) is 24.8 Å². The van der Waals surface area contributed by atoms with Gasteiger partial charge in [0.15, 0.2) is 0 Å². The van der Waals surface area contributed by atoms with E-state index in [1.54, 1.807) is 0 Å². The van der Waals surface area contributed by atoms with Gasteiger partial charge in [0.1, 0.15) is 0 Å². The first-order valence-electron chi connectivity index (χ1n) is 3.92. The van der Waals surface area contributed by atoms with Crippen molar-refractivity contribution in [1.29, 1.82) is 0 Å². The summed E-state index contributed by atoms with van der Waals surface area (Å²) in [4.78, 5) is 0. The number of allylic oxidation sites excluding steroid dienone is 1. The van der Waals surface area contributed by atoms with Gasteiger partial charge in [0, 0.05) is 6.04 Å². The highest BCUT2D eigenvalue weighted by molar-refractivity contribution is 4.90. The van der Waals surface area contributed by atoms with Crippen LogP contribution in [0.3, 0.4) is 0 Å². The van der Waals surface area contributed by atoms with Crippen molar-refractivity contribution >= 4 is 0 Å². The molecular formula is C9H18N2. The lowest BCUT2D eigenvalue weighted by atomic mass is 10.1. The van der Waals surface area contributed by atoms with E-state index in [2.05, 4.69) is 18.6 Å². The van der Waals surface area contributed by atoms with Gasteiger partial charge in [-0.05, 0) is 26.2 Å². The molecular weight excluding hydrogens is 136 g/mol. The maximum atomic E-state index is 5.32. The first-order valence-corrected chi connectivity index (χ1v) is 3.92. The fourth-order valence-electron chi connectivity index (χ4n) is 0.891. The van der Waals surface area contributed by atoms with Crippen molar-refractivity contribution in [2.75, 3.05) is 0 Å². The number of hydrogen-bond donors (Lipinski definition) is 2. The first-order chi connectivity index (χ1) is 5.20. The third kappa shape index (κ3) is 5.83. The first kappa shape index (κ1) is 10.4. The molecule has 0 fully saturated rings. The van der Waals surface area contributed by atoms with Crippen molar-refractivity contribution < 1.29 is 0 Å². The molecule has 3 N–H and O–H groups in total. The predicted octanol–water partition coefficient (Wildman–Crippen LogP) is 1.75. The van der Waals surface area contributed by atoms with Gasteiger partial charge in [-0.2, -0.15) is 0 Å². The Hall–Kier alpha value is -0.600. The van der Waals surface area contributed by atoms with Crippen LogP contribution in [0.15, 0.2) is 24.8 Å². The lowest BCUT2D eigenvalue weighted by Gasteiger charge is -2.12. The van der Waals surface area contributed by atoms with E-state index in [0.717, 1.165) is 19.3 Å². The molecule has 64 valence electrons. The third-order valence-electron chi connectivity index (χ3n) is 1.61. The molecule has 0 amide bonds. The van der Waals surface area contributed by atoms with Crippen LogP contribution in [0.25, 0.3) is 0 Å². The topological polar surface area (TPSA) is 38.0 Å². The minimum Gasteiger partial charge on any atom is -0.271 e. The summed E-state index contributed by atoms with van der Waals surface area (Å²) in [6.45, 7) is 9.51. The molecule has 0 aromatic rings. The van der Waals surface area contributed by atoms with E-state index in [0.29, 0.717) is 6.04 Å². The number of nitrogens with one attached hydrogen (secondary N) is 1. The Kier molecular flexibility index (Phi) is 5.80. The molecule has 0 saturated heterocycles. The zero-order valence-electron chi connectivity index (χ0n) is 7.27. The maximum absolute atomic E-state index is 5.32. The minimum atomic E-state index is 0.351. The second kappa shape index (κ2) is 6.13. The average molecular weight is 154 g/mol. The Labute approximate surface area is 69.1 Å². The lowest BCUT2D eigenvalue weighted by Crippen LogP contribution is -2.34. The van der Waals surface area contributed by atoms with Gasteiger partial charge in [-0.1, -0.05) is 11.6 Å². The van der Waals surface area contributed by atoms with Gasteiger partial charge in [-0.15, -0.1) is 13.2 Å². The van der Waals surface area contributed by atoms with E-state index in [1.807, 2.05) is 13.0 Å². The second-order valence-corrected chi connectivity index (χ2v) is 2.88. The van der Waals surface area contributed by atoms with Crippen LogP contribution in [-0.4, -0.2) is 6.04 Å². The Balaban J connectivity index is 3.51. The summed E-state index contributed by atoms with van der Waals surface area (Å²) in [5.74, 6) is 5.32. The third-order valence-corrected chi connectivity index (χ3v) is 1.61. The fraction of sp³-hybridized carbons (Fsp3) is 0.556. The van der Waals surface area contributed by atoms with Gasteiger partial charge in [0.05, 0.1) is 0 Å². The van der Waals surface area contributed by atoms with Crippen LogP contribution >= 0.6 is 0 Å². The standard InChI is InChI=1S/C9H18N2/c1-4-5-9(11-10)7-6-8(2)3/h4,9,11H,1-2,5-7,10H2,3H3. The summed E-state index contributed by atoms with van der Waals surface area (Å²) < 4.78 is 0. The van der Waals surface area contributed by atoms with Crippen LogP contribution < -0.4 is 11.3 Å². The van der Waals surface area contributed by atoms with Gasteiger partial charge < -0.3 is 0 Å². The van der Waals surface area contributed by atoms with E-state index in [9.17, 15) is 0 Å². The quantitative estimate of drug-likeness (QED) is 0.347. The molecule has 1 unspecified atom stereocenters. The molecule has 0 aromatic heterocycles. The minimum absolute atomic E-state index is 0.351. The van der Waals surface area contributed by atoms with Crippen LogP contribution in [-0.2, 0) is 0 Å². The lowest BCUT2D eigenvalue weighted by molar-refractivity contribution is 0.498. The Morgan fingerprint density at radius 2 is 2.36 bits per heavy atom. The molecule has 0 heterocycles. The van der Waals surface area contributed by atoms with Gasteiger partial charge >= 0.3 is 0 Å². The van der Waals surface area contributed by atoms with Crippen molar-refractivity contribution in [3.8, 4) is 0 Å². The van der Waals surface area contributed by atoms with E-state index in [1.165, 1.54) is 5.57 Å². The van der Waals surface area contributed by atoms with Crippen LogP contribution in [0.2, 0.25) is 0 Å². The highest BCUT2D eigenvalue weighted by Crippen LogP contribution is 2.06. The fourth-order valence-corrected chi connectivity index (χ4v) is 0.891.